The van der Waals surface area contributed by atoms with Gasteiger partial charge in [-0.25, -0.2) is 14.8 Å². The molecule has 1 unspecified atom stereocenters. The Hall–Kier alpha value is -4.02. The maximum absolute atomic E-state index is 12.7. The van der Waals surface area contributed by atoms with Crippen LogP contribution >= 0.6 is 0 Å². The molecule has 176 valence electrons. The molecule has 4 aromatic heterocycles. The van der Waals surface area contributed by atoms with Gasteiger partial charge >= 0.3 is 6.09 Å². The zero-order valence-corrected chi connectivity index (χ0v) is 19.4. The molecule has 0 radical (unpaired) electrons. The van der Waals surface area contributed by atoms with Gasteiger partial charge < -0.3 is 15.0 Å². The average molecular weight is 462 g/mol. The molecule has 34 heavy (non-hydrogen) atoms. The highest BCUT2D eigenvalue weighted by atomic mass is 16.6. The molecule has 1 saturated heterocycles. The molecule has 1 aliphatic rings. The first-order valence-electron chi connectivity index (χ1n) is 11.3. The lowest BCUT2D eigenvalue weighted by atomic mass is 9.94. The van der Waals surface area contributed by atoms with Gasteiger partial charge in [-0.05, 0) is 33.6 Å². The Morgan fingerprint density at radius 1 is 1.24 bits per heavy atom. The van der Waals surface area contributed by atoms with Crippen molar-refractivity contribution in [2.45, 2.75) is 45.1 Å². The Balaban J connectivity index is 1.52. The second kappa shape index (κ2) is 8.73. The van der Waals surface area contributed by atoms with Gasteiger partial charge in [0.1, 0.15) is 17.2 Å². The van der Waals surface area contributed by atoms with Crippen molar-refractivity contribution in [2.75, 3.05) is 18.4 Å². The first-order valence-corrected chi connectivity index (χ1v) is 11.3. The zero-order chi connectivity index (χ0) is 23.7. The number of piperidine rings is 1. The second-order valence-electron chi connectivity index (χ2n) is 9.33. The van der Waals surface area contributed by atoms with Gasteiger partial charge in [0.2, 0.25) is 0 Å². The van der Waals surface area contributed by atoms with Crippen LogP contribution in [0.2, 0.25) is 0 Å². The molecule has 5 rings (SSSR count). The number of rotatable bonds is 4. The van der Waals surface area contributed by atoms with E-state index < -0.39 is 5.60 Å². The third kappa shape index (κ3) is 4.54. The lowest BCUT2D eigenvalue weighted by Gasteiger charge is -2.34. The number of fused-ring (bicyclic) bond motifs is 1. The predicted octanol–water partition coefficient (Wildman–Crippen LogP) is 3.77. The summed E-state index contributed by atoms with van der Waals surface area (Å²) in [5, 5.41) is 14.8. The number of aromatic amines is 1. The van der Waals surface area contributed by atoms with E-state index in [1.807, 2.05) is 33.0 Å². The third-order valence-corrected chi connectivity index (χ3v) is 5.61. The van der Waals surface area contributed by atoms with Crippen molar-refractivity contribution >= 4 is 23.4 Å². The first kappa shape index (κ1) is 21.8. The highest BCUT2D eigenvalue weighted by Crippen LogP contribution is 2.32. The van der Waals surface area contributed by atoms with Crippen LogP contribution in [0.25, 0.3) is 16.8 Å². The van der Waals surface area contributed by atoms with E-state index in [9.17, 15) is 4.79 Å². The van der Waals surface area contributed by atoms with Gasteiger partial charge in [0.05, 0.1) is 24.3 Å². The molecule has 1 amide bonds. The fraction of sp³-hybridized carbons (Fsp3) is 0.391. The summed E-state index contributed by atoms with van der Waals surface area (Å²) in [6.45, 7) is 6.85. The molecule has 1 fully saturated rings. The van der Waals surface area contributed by atoms with Gasteiger partial charge in [0.25, 0.3) is 0 Å². The topological polar surface area (TPSA) is 126 Å². The molecular weight excluding hydrogens is 434 g/mol. The Morgan fingerprint density at radius 3 is 2.85 bits per heavy atom. The van der Waals surface area contributed by atoms with E-state index in [-0.39, 0.29) is 12.0 Å². The number of aromatic nitrogens is 7. The van der Waals surface area contributed by atoms with E-state index in [0.29, 0.717) is 30.4 Å². The molecule has 11 nitrogen and oxygen atoms in total. The molecule has 0 aromatic carbocycles. The molecule has 2 N–H and O–H groups in total. The smallest absolute Gasteiger partial charge is 0.410 e. The standard InChI is InChI=1S/C23H27N9O2/c1-23(2,3)34-22(33)31-8-4-5-15(14-31)18-9-20(30-19-13-24-6-7-25-19)32-21(29-18)17(12-28-32)16-10-26-27-11-16/h6-7,9-13,15H,4-5,8,14H2,1-3H3,(H,25,30)(H,26,27). The van der Waals surface area contributed by atoms with Crippen LogP contribution < -0.4 is 5.32 Å². The number of nitrogens with zero attached hydrogens (tertiary/aromatic N) is 7. The third-order valence-electron chi connectivity index (χ3n) is 5.61. The minimum Gasteiger partial charge on any atom is -0.444 e. The summed E-state index contributed by atoms with van der Waals surface area (Å²) < 4.78 is 7.35. The average Bonchev–Trinajstić information content (AvgIpc) is 3.48. The fourth-order valence-corrected chi connectivity index (χ4v) is 4.09. The largest absolute Gasteiger partial charge is 0.444 e. The molecule has 4 aromatic rings. The molecule has 1 aliphatic heterocycles. The van der Waals surface area contributed by atoms with Crippen LogP contribution in [0.4, 0.5) is 16.4 Å². The van der Waals surface area contributed by atoms with Crippen LogP contribution in [0.5, 0.6) is 0 Å². The van der Waals surface area contributed by atoms with E-state index >= 15 is 0 Å². The molecular formula is C23H27N9O2. The monoisotopic (exact) mass is 461 g/mol. The van der Waals surface area contributed by atoms with Crippen molar-refractivity contribution in [1.82, 2.24) is 39.7 Å². The SMILES string of the molecule is CC(C)(C)OC(=O)N1CCCC(c2cc(Nc3cnccn3)n3ncc(-c4cn[nH]c4)c3n2)C1. The van der Waals surface area contributed by atoms with Crippen molar-refractivity contribution in [1.29, 1.82) is 0 Å². The van der Waals surface area contributed by atoms with Crippen LogP contribution in [-0.4, -0.2) is 64.4 Å². The summed E-state index contributed by atoms with van der Waals surface area (Å²) in [5.74, 6) is 1.37. The minimum atomic E-state index is -0.536. The van der Waals surface area contributed by atoms with Crippen LogP contribution in [0.15, 0.2) is 43.2 Å². The molecule has 0 bridgehead atoms. The number of amides is 1. The highest BCUT2D eigenvalue weighted by molar-refractivity contribution is 5.78. The summed E-state index contributed by atoms with van der Waals surface area (Å²) in [4.78, 5) is 27.9. The van der Waals surface area contributed by atoms with Crippen molar-refractivity contribution in [2.24, 2.45) is 0 Å². The van der Waals surface area contributed by atoms with Crippen LogP contribution in [0.1, 0.15) is 45.2 Å². The number of carbonyl (C=O) groups excluding carboxylic acids is 1. The number of ether oxygens (including phenoxy) is 1. The lowest BCUT2D eigenvalue weighted by molar-refractivity contribution is 0.0197. The highest BCUT2D eigenvalue weighted by Gasteiger charge is 2.30. The van der Waals surface area contributed by atoms with Crippen molar-refractivity contribution in [3.63, 3.8) is 0 Å². The quantitative estimate of drug-likeness (QED) is 0.470. The van der Waals surface area contributed by atoms with Crippen molar-refractivity contribution < 1.29 is 9.53 Å². The van der Waals surface area contributed by atoms with Gasteiger partial charge in [-0.15, -0.1) is 0 Å². The maximum Gasteiger partial charge on any atom is 0.410 e. The Bertz CT molecular complexity index is 1280. The van der Waals surface area contributed by atoms with E-state index in [1.165, 1.54) is 0 Å². The van der Waals surface area contributed by atoms with Crippen LogP contribution in [-0.2, 0) is 4.74 Å². The second-order valence-corrected chi connectivity index (χ2v) is 9.33. The molecule has 5 heterocycles. The van der Waals surface area contributed by atoms with E-state index in [2.05, 4.69) is 30.6 Å². The van der Waals surface area contributed by atoms with E-state index in [1.54, 1.807) is 40.4 Å². The van der Waals surface area contributed by atoms with Gasteiger partial charge in [-0.2, -0.15) is 14.7 Å². The Kier molecular flexibility index (Phi) is 5.60. The van der Waals surface area contributed by atoms with Gasteiger partial charge in [0.15, 0.2) is 5.65 Å². The number of H-pyrrole nitrogens is 1. The number of nitrogens with one attached hydrogen (secondary N) is 2. The number of anilines is 2. The molecule has 11 heteroatoms. The van der Waals surface area contributed by atoms with Crippen molar-refractivity contribution in [3.8, 4) is 11.1 Å². The number of carbonyl (C=O) groups is 1. The molecule has 0 aliphatic carbocycles. The summed E-state index contributed by atoms with van der Waals surface area (Å²) in [6.07, 6.45) is 11.7. The Morgan fingerprint density at radius 2 is 2.12 bits per heavy atom. The summed E-state index contributed by atoms with van der Waals surface area (Å²) in [7, 11) is 0. The molecule has 0 saturated carbocycles. The minimum absolute atomic E-state index is 0.0563. The first-order chi connectivity index (χ1) is 16.4. The van der Waals surface area contributed by atoms with E-state index in [0.717, 1.165) is 29.7 Å². The summed E-state index contributed by atoms with van der Waals surface area (Å²) >= 11 is 0. The fourth-order valence-electron chi connectivity index (χ4n) is 4.09. The zero-order valence-electron chi connectivity index (χ0n) is 19.4. The van der Waals surface area contributed by atoms with Gasteiger partial charge in [-0.1, -0.05) is 0 Å². The molecule has 0 spiro atoms. The Labute approximate surface area is 196 Å². The summed E-state index contributed by atoms with van der Waals surface area (Å²) in [5.41, 5.74) is 2.78. The van der Waals surface area contributed by atoms with Gasteiger partial charge in [-0.3, -0.25) is 10.1 Å². The van der Waals surface area contributed by atoms with Crippen LogP contribution in [0, 0.1) is 0 Å². The number of likely N-dealkylation sites (tertiary alicyclic amines) is 1. The number of hydrogen-bond acceptors (Lipinski definition) is 8. The van der Waals surface area contributed by atoms with Crippen molar-refractivity contribution in [3.05, 3.63) is 48.9 Å². The maximum atomic E-state index is 12.7. The summed E-state index contributed by atoms with van der Waals surface area (Å²) in [6, 6.07) is 1.97. The normalized spacial score (nSPS) is 16.6. The lowest BCUT2D eigenvalue weighted by Crippen LogP contribution is -2.42. The molecule has 1 atom stereocenters. The predicted molar refractivity (Wildman–Crippen MR) is 126 cm³/mol. The number of hydrogen-bond donors (Lipinski definition) is 2. The van der Waals surface area contributed by atoms with Gasteiger partial charge in [0, 0.05) is 54.8 Å². The van der Waals surface area contributed by atoms with Crippen LogP contribution in [0.3, 0.4) is 0 Å². The van der Waals surface area contributed by atoms with E-state index in [4.69, 9.17) is 9.72 Å².